The van der Waals surface area contributed by atoms with E-state index in [9.17, 15) is 0 Å². The van der Waals surface area contributed by atoms with Crippen molar-refractivity contribution in [3.63, 3.8) is 0 Å². The molecule has 0 radical (unpaired) electrons. The number of hydrogen-bond acceptors (Lipinski definition) is 3. The Morgan fingerprint density at radius 3 is 2.57 bits per heavy atom. The summed E-state index contributed by atoms with van der Waals surface area (Å²) < 4.78 is 0. The number of nitrogen functional groups attached to an aromatic ring is 1. The summed E-state index contributed by atoms with van der Waals surface area (Å²) in [4.78, 5) is 0. The lowest BCUT2D eigenvalue weighted by Crippen LogP contribution is -2.08. The summed E-state index contributed by atoms with van der Waals surface area (Å²) >= 11 is 5.72. The number of anilines is 1. The smallest absolute Gasteiger partial charge is 0.174 e. The van der Waals surface area contributed by atoms with E-state index in [0.29, 0.717) is 16.8 Å². The number of nitrogens with zero attached hydrogens (tertiary/aromatic N) is 2. The second kappa shape index (κ2) is 4.13. The molecule has 3 nitrogen and oxygen atoms in total. The van der Waals surface area contributed by atoms with Gasteiger partial charge in [-0.3, -0.25) is 0 Å². The molecule has 1 aromatic heterocycles. The van der Waals surface area contributed by atoms with Gasteiger partial charge >= 0.3 is 0 Å². The van der Waals surface area contributed by atoms with Gasteiger partial charge in [0.05, 0.1) is 11.4 Å². The minimum Gasteiger partial charge on any atom is -0.396 e. The predicted molar refractivity (Wildman–Crippen MR) is 57.3 cm³/mol. The van der Waals surface area contributed by atoms with Gasteiger partial charge in [-0.15, -0.1) is 5.10 Å². The Kier molecular flexibility index (Phi) is 2.87. The fourth-order valence-corrected chi connectivity index (χ4v) is 2.10. The Labute approximate surface area is 88.7 Å². The third-order valence-corrected chi connectivity index (χ3v) is 3.11. The highest BCUT2D eigenvalue weighted by Crippen LogP contribution is 2.32. The van der Waals surface area contributed by atoms with E-state index in [1.165, 1.54) is 32.1 Å². The van der Waals surface area contributed by atoms with Crippen molar-refractivity contribution in [1.82, 2.24) is 10.2 Å². The van der Waals surface area contributed by atoms with E-state index in [-0.39, 0.29) is 0 Å². The quantitative estimate of drug-likeness (QED) is 0.777. The lowest BCUT2D eigenvalue weighted by Gasteiger charge is -2.20. The van der Waals surface area contributed by atoms with Crippen molar-refractivity contribution in [2.24, 2.45) is 0 Å². The van der Waals surface area contributed by atoms with Crippen LogP contribution in [-0.4, -0.2) is 10.2 Å². The molecule has 1 fully saturated rings. The molecular formula is C10H14ClN3. The molecule has 2 rings (SSSR count). The van der Waals surface area contributed by atoms with E-state index < -0.39 is 0 Å². The minimum atomic E-state index is 0.310. The zero-order valence-electron chi connectivity index (χ0n) is 8.04. The van der Waals surface area contributed by atoms with Crippen molar-refractivity contribution in [3.05, 3.63) is 16.9 Å². The molecule has 1 saturated carbocycles. The summed E-state index contributed by atoms with van der Waals surface area (Å²) in [5, 5.41) is 8.25. The highest BCUT2D eigenvalue weighted by molar-refractivity contribution is 6.31. The standard InChI is InChI=1S/C10H14ClN3/c11-10-8(12)6-9(13-14-10)7-4-2-1-3-5-7/h6-7H,1-5H2,(H2,12,13). The van der Waals surface area contributed by atoms with Crippen LogP contribution >= 0.6 is 11.6 Å². The molecule has 14 heavy (non-hydrogen) atoms. The maximum atomic E-state index is 5.72. The fourth-order valence-electron chi connectivity index (χ4n) is 2.00. The van der Waals surface area contributed by atoms with Crippen molar-refractivity contribution in [3.8, 4) is 0 Å². The second-order valence-electron chi connectivity index (χ2n) is 3.85. The van der Waals surface area contributed by atoms with Gasteiger partial charge < -0.3 is 5.73 Å². The highest BCUT2D eigenvalue weighted by Gasteiger charge is 2.17. The maximum absolute atomic E-state index is 5.72. The van der Waals surface area contributed by atoms with Crippen molar-refractivity contribution >= 4 is 17.3 Å². The molecule has 0 amide bonds. The molecule has 1 aliphatic rings. The SMILES string of the molecule is Nc1cc(C2CCCCC2)nnc1Cl. The predicted octanol–water partition coefficient (Wildman–Crippen LogP) is 2.76. The van der Waals surface area contributed by atoms with E-state index in [4.69, 9.17) is 17.3 Å². The molecule has 4 heteroatoms. The first kappa shape index (κ1) is 9.71. The normalized spacial score (nSPS) is 18.4. The molecular weight excluding hydrogens is 198 g/mol. The summed E-state index contributed by atoms with van der Waals surface area (Å²) in [6, 6.07) is 1.87. The molecule has 2 N–H and O–H groups in total. The third kappa shape index (κ3) is 1.98. The molecule has 0 aromatic carbocycles. The van der Waals surface area contributed by atoms with Gasteiger partial charge in [0.15, 0.2) is 5.15 Å². The van der Waals surface area contributed by atoms with Gasteiger partial charge in [0, 0.05) is 5.92 Å². The second-order valence-corrected chi connectivity index (χ2v) is 4.21. The average Bonchev–Trinajstić information content (AvgIpc) is 2.23. The van der Waals surface area contributed by atoms with Crippen LogP contribution in [0.4, 0.5) is 5.69 Å². The summed E-state index contributed by atoms with van der Waals surface area (Å²) in [6.07, 6.45) is 6.32. The number of rotatable bonds is 1. The lowest BCUT2D eigenvalue weighted by molar-refractivity contribution is 0.434. The van der Waals surface area contributed by atoms with Crippen LogP contribution in [-0.2, 0) is 0 Å². The Hall–Kier alpha value is -0.830. The Morgan fingerprint density at radius 2 is 1.93 bits per heavy atom. The van der Waals surface area contributed by atoms with Crippen LogP contribution < -0.4 is 5.73 Å². The van der Waals surface area contributed by atoms with Gasteiger partial charge in [-0.1, -0.05) is 30.9 Å². The largest absolute Gasteiger partial charge is 0.396 e. The highest BCUT2D eigenvalue weighted by atomic mass is 35.5. The molecule has 0 unspecified atom stereocenters. The van der Waals surface area contributed by atoms with E-state index in [1.807, 2.05) is 6.07 Å². The van der Waals surface area contributed by atoms with E-state index >= 15 is 0 Å². The van der Waals surface area contributed by atoms with Gasteiger partial charge in [-0.25, -0.2) is 0 Å². The van der Waals surface area contributed by atoms with Crippen molar-refractivity contribution in [2.45, 2.75) is 38.0 Å². The first-order valence-corrected chi connectivity index (χ1v) is 5.44. The molecule has 0 bridgehead atoms. The van der Waals surface area contributed by atoms with Crippen molar-refractivity contribution < 1.29 is 0 Å². The van der Waals surface area contributed by atoms with Crippen LogP contribution in [0.1, 0.15) is 43.7 Å². The molecule has 0 saturated heterocycles. The molecule has 76 valence electrons. The lowest BCUT2D eigenvalue weighted by atomic mass is 9.87. The maximum Gasteiger partial charge on any atom is 0.174 e. The molecule has 0 spiro atoms. The van der Waals surface area contributed by atoms with Crippen LogP contribution in [0.5, 0.6) is 0 Å². The van der Waals surface area contributed by atoms with Crippen molar-refractivity contribution in [2.75, 3.05) is 5.73 Å². The monoisotopic (exact) mass is 211 g/mol. The van der Waals surface area contributed by atoms with E-state index in [1.54, 1.807) is 0 Å². The Morgan fingerprint density at radius 1 is 1.21 bits per heavy atom. The van der Waals surface area contributed by atoms with Crippen molar-refractivity contribution in [1.29, 1.82) is 0 Å². The van der Waals surface area contributed by atoms with Crippen LogP contribution in [0, 0.1) is 0 Å². The molecule has 1 heterocycles. The Bertz CT molecular complexity index is 321. The van der Waals surface area contributed by atoms with Gasteiger partial charge in [0.2, 0.25) is 0 Å². The van der Waals surface area contributed by atoms with Gasteiger partial charge in [-0.05, 0) is 18.9 Å². The summed E-state index contributed by atoms with van der Waals surface area (Å²) in [5.74, 6) is 0.538. The first-order valence-electron chi connectivity index (χ1n) is 5.06. The third-order valence-electron chi connectivity index (χ3n) is 2.82. The summed E-state index contributed by atoms with van der Waals surface area (Å²) in [6.45, 7) is 0. The zero-order chi connectivity index (χ0) is 9.97. The first-order chi connectivity index (χ1) is 6.77. The number of halogens is 1. The summed E-state index contributed by atoms with van der Waals surface area (Å²) in [7, 11) is 0. The van der Waals surface area contributed by atoms with Crippen LogP contribution in [0.3, 0.4) is 0 Å². The number of hydrogen-bond donors (Lipinski definition) is 1. The topological polar surface area (TPSA) is 51.8 Å². The van der Waals surface area contributed by atoms with E-state index in [2.05, 4.69) is 10.2 Å². The van der Waals surface area contributed by atoms with E-state index in [0.717, 1.165) is 5.69 Å². The number of nitrogens with two attached hydrogens (primary N) is 1. The molecule has 0 atom stereocenters. The Balaban J connectivity index is 2.18. The molecule has 0 aliphatic heterocycles. The van der Waals surface area contributed by atoms with Crippen LogP contribution in [0.25, 0.3) is 0 Å². The van der Waals surface area contributed by atoms with Gasteiger partial charge in [0.25, 0.3) is 0 Å². The summed E-state index contributed by atoms with van der Waals surface area (Å²) in [5.41, 5.74) is 7.24. The van der Waals surface area contributed by atoms with Gasteiger partial charge in [-0.2, -0.15) is 5.10 Å². The van der Waals surface area contributed by atoms with Crippen LogP contribution in [0.15, 0.2) is 6.07 Å². The van der Waals surface area contributed by atoms with Crippen LogP contribution in [0.2, 0.25) is 5.15 Å². The number of aromatic nitrogens is 2. The van der Waals surface area contributed by atoms with Gasteiger partial charge in [0.1, 0.15) is 0 Å². The zero-order valence-corrected chi connectivity index (χ0v) is 8.80. The average molecular weight is 212 g/mol. The minimum absolute atomic E-state index is 0.310. The molecule has 1 aliphatic carbocycles. The fraction of sp³-hybridized carbons (Fsp3) is 0.600. The molecule has 1 aromatic rings.